The minimum absolute atomic E-state index is 0.141. The molecule has 2 rings (SSSR count). The van der Waals surface area contributed by atoms with Gasteiger partial charge in [-0.1, -0.05) is 35.4 Å². The fourth-order valence-electron chi connectivity index (χ4n) is 1.73. The Morgan fingerprint density at radius 2 is 1.74 bits per heavy atom. The smallest absolute Gasteiger partial charge is 0.426 e. The summed E-state index contributed by atoms with van der Waals surface area (Å²) in [5.41, 5.74) is 1.90. The van der Waals surface area contributed by atoms with Gasteiger partial charge in [0.05, 0.1) is 5.56 Å². The van der Waals surface area contributed by atoms with E-state index in [2.05, 4.69) is 0 Å². The van der Waals surface area contributed by atoms with Crippen molar-refractivity contribution in [3.8, 4) is 0 Å². The van der Waals surface area contributed by atoms with Gasteiger partial charge in [-0.3, -0.25) is 0 Å². The van der Waals surface area contributed by atoms with E-state index in [1.54, 1.807) is 30.4 Å². The van der Waals surface area contributed by atoms with E-state index in [4.69, 9.17) is 4.74 Å². The van der Waals surface area contributed by atoms with Crippen molar-refractivity contribution in [2.75, 3.05) is 0 Å². The highest BCUT2D eigenvalue weighted by molar-refractivity contribution is 5.28. The molecule has 0 radical (unpaired) electrons. The maximum absolute atomic E-state index is 14.0. The highest BCUT2D eigenvalue weighted by Crippen LogP contribution is 2.32. The summed E-state index contributed by atoms with van der Waals surface area (Å²) in [6, 6.07) is 6.07. The molecule has 100 valence electrons. The number of benzene rings is 1. The van der Waals surface area contributed by atoms with Gasteiger partial charge in [-0.15, -0.1) is 0 Å². The number of hydrogen-bond donors (Lipinski definition) is 0. The van der Waals surface area contributed by atoms with Gasteiger partial charge < -0.3 is 4.74 Å². The molecule has 1 nitrogen and oxygen atoms in total. The summed E-state index contributed by atoms with van der Waals surface area (Å²) in [4.78, 5) is 0. The molecule has 0 spiro atoms. The van der Waals surface area contributed by atoms with Crippen LogP contribution in [0.2, 0.25) is 0 Å². The van der Waals surface area contributed by atoms with Crippen molar-refractivity contribution in [3.63, 3.8) is 0 Å². The van der Waals surface area contributed by atoms with Crippen LogP contribution in [0.3, 0.4) is 0 Å². The second-order valence-electron chi connectivity index (χ2n) is 4.67. The average molecular weight is 262 g/mol. The molecule has 0 unspecified atom stereocenters. The zero-order valence-corrected chi connectivity index (χ0v) is 11.0. The Labute approximate surface area is 111 Å². The first-order chi connectivity index (χ1) is 8.97. The second-order valence-corrected chi connectivity index (χ2v) is 4.67. The van der Waals surface area contributed by atoms with Gasteiger partial charge in [-0.25, -0.2) is 0 Å². The van der Waals surface area contributed by atoms with E-state index in [0.717, 1.165) is 17.6 Å². The molecule has 19 heavy (non-hydrogen) atoms. The van der Waals surface area contributed by atoms with Crippen LogP contribution in [0.1, 0.15) is 24.5 Å². The van der Waals surface area contributed by atoms with Crippen LogP contribution in [0.4, 0.5) is 8.78 Å². The van der Waals surface area contributed by atoms with Crippen LogP contribution in [0.15, 0.2) is 59.9 Å². The van der Waals surface area contributed by atoms with E-state index in [0.29, 0.717) is 0 Å². The standard InChI is InChI=1S/C16H16F2O/c1-12-4-3-5-15(11-8-12)19-16(17,18)14-9-6-13(2)7-10-14/h3,5-11H,4H2,1-2H3. The number of halogens is 2. The van der Waals surface area contributed by atoms with E-state index in [1.165, 1.54) is 12.1 Å². The van der Waals surface area contributed by atoms with Crippen LogP contribution in [0.5, 0.6) is 0 Å². The van der Waals surface area contributed by atoms with Crippen molar-refractivity contribution in [1.82, 2.24) is 0 Å². The summed E-state index contributed by atoms with van der Waals surface area (Å²) in [7, 11) is 0. The molecule has 1 aromatic rings. The quantitative estimate of drug-likeness (QED) is 0.756. The van der Waals surface area contributed by atoms with Gasteiger partial charge in [0.25, 0.3) is 0 Å². The molecule has 0 bridgehead atoms. The number of ether oxygens (including phenoxy) is 1. The predicted molar refractivity (Wildman–Crippen MR) is 71.8 cm³/mol. The largest absolute Gasteiger partial charge is 0.429 e. The topological polar surface area (TPSA) is 9.23 Å². The second kappa shape index (κ2) is 5.39. The monoisotopic (exact) mass is 262 g/mol. The highest BCUT2D eigenvalue weighted by atomic mass is 19.3. The minimum atomic E-state index is -3.32. The van der Waals surface area contributed by atoms with Crippen LogP contribution in [-0.2, 0) is 10.8 Å². The third-order valence-corrected chi connectivity index (χ3v) is 2.89. The molecule has 0 saturated carbocycles. The Balaban J connectivity index is 2.19. The van der Waals surface area contributed by atoms with Crippen LogP contribution < -0.4 is 0 Å². The maximum atomic E-state index is 14.0. The van der Waals surface area contributed by atoms with Gasteiger partial charge in [0, 0.05) is 0 Å². The first-order valence-corrected chi connectivity index (χ1v) is 6.15. The molecule has 0 amide bonds. The number of alkyl halides is 2. The third-order valence-electron chi connectivity index (χ3n) is 2.89. The van der Waals surface area contributed by atoms with Crippen LogP contribution in [0.25, 0.3) is 0 Å². The summed E-state index contributed by atoms with van der Waals surface area (Å²) in [5.74, 6) is 0.169. The van der Waals surface area contributed by atoms with Crippen LogP contribution >= 0.6 is 0 Å². The van der Waals surface area contributed by atoms with Crippen molar-refractivity contribution < 1.29 is 13.5 Å². The number of hydrogen-bond acceptors (Lipinski definition) is 1. The first-order valence-electron chi connectivity index (χ1n) is 6.15. The summed E-state index contributed by atoms with van der Waals surface area (Å²) in [6.07, 6.45) is 4.18. The van der Waals surface area contributed by atoms with Crippen molar-refractivity contribution in [1.29, 1.82) is 0 Å². The Morgan fingerprint density at radius 3 is 2.42 bits per heavy atom. The van der Waals surface area contributed by atoms with Crippen molar-refractivity contribution >= 4 is 0 Å². The zero-order valence-electron chi connectivity index (χ0n) is 11.0. The van der Waals surface area contributed by atoms with E-state index in [-0.39, 0.29) is 11.3 Å². The lowest BCUT2D eigenvalue weighted by Gasteiger charge is -2.18. The van der Waals surface area contributed by atoms with Gasteiger partial charge >= 0.3 is 6.11 Å². The fourth-order valence-corrected chi connectivity index (χ4v) is 1.73. The van der Waals surface area contributed by atoms with Gasteiger partial charge in [0.1, 0.15) is 5.76 Å². The van der Waals surface area contributed by atoms with Crippen molar-refractivity contribution in [3.05, 3.63) is 71.0 Å². The Morgan fingerprint density at radius 1 is 1.05 bits per heavy atom. The van der Waals surface area contributed by atoms with Crippen LogP contribution in [0, 0.1) is 6.92 Å². The SMILES string of the molecule is CC1=CC=C(OC(F)(F)c2ccc(C)cc2)C=CC1. The van der Waals surface area contributed by atoms with Crippen molar-refractivity contribution in [2.24, 2.45) is 0 Å². The summed E-state index contributed by atoms with van der Waals surface area (Å²) in [5, 5.41) is 0. The molecule has 0 aromatic heterocycles. The molecule has 3 heteroatoms. The molecular weight excluding hydrogens is 246 g/mol. The zero-order chi connectivity index (χ0) is 13.9. The predicted octanol–water partition coefficient (Wildman–Crippen LogP) is 4.85. The molecule has 0 N–H and O–H groups in total. The summed E-state index contributed by atoms with van der Waals surface area (Å²) in [6.45, 7) is 3.80. The lowest BCUT2D eigenvalue weighted by Crippen LogP contribution is -2.17. The Bertz CT molecular complexity index is 536. The number of rotatable bonds is 3. The summed E-state index contributed by atoms with van der Waals surface area (Å²) >= 11 is 0. The minimum Gasteiger partial charge on any atom is -0.429 e. The van der Waals surface area contributed by atoms with E-state index in [9.17, 15) is 8.78 Å². The molecular formula is C16H16F2O. The first kappa shape index (κ1) is 13.5. The summed E-state index contributed by atoms with van der Waals surface area (Å²) < 4.78 is 32.8. The molecule has 0 atom stereocenters. The van der Waals surface area contributed by atoms with E-state index < -0.39 is 6.11 Å². The highest BCUT2D eigenvalue weighted by Gasteiger charge is 2.34. The normalized spacial score (nSPS) is 15.6. The van der Waals surface area contributed by atoms with Gasteiger partial charge in [-0.05, 0) is 44.6 Å². The molecule has 1 aliphatic carbocycles. The molecule has 1 aliphatic rings. The van der Waals surface area contributed by atoms with Gasteiger partial charge in [0.15, 0.2) is 0 Å². The Hall–Kier alpha value is -1.90. The van der Waals surface area contributed by atoms with Crippen LogP contribution in [-0.4, -0.2) is 0 Å². The number of allylic oxidation sites excluding steroid dienone is 5. The molecule has 0 fully saturated rings. The van der Waals surface area contributed by atoms with E-state index >= 15 is 0 Å². The maximum Gasteiger partial charge on any atom is 0.426 e. The molecule has 0 aliphatic heterocycles. The average Bonchev–Trinajstić information content (AvgIpc) is 2.54. The fraction of sp³-hybridized carbons (Fsp3) is 0.250. The van der Waals surface area contributed by atoms with Crippen molar-refractivity contribution in [2.45, 2.75) is 26.4 Å². The Kier molecular flexibility index (Phi) is 3.84. The number of aryl methyl sites for hydroxylation is 1. The van der Waals surface area contributed by atoms with E-state index in [1.807, 2.05) is 19.9 Å². The molecule has 0 heterocycles. The molecule has 1 aromatic carbocycles. The lowest BCUT2D eigenvalue weighted by molar-refractivity contribution is -0.221. The van der Waals surface area contributed by atoms with Gasteiger partial charge in [-0.2, -0.15) is 8.78 Å². The third kappa shape index (κ3) is 3.53. The molecule has 0 saturated heterocycles. The lowest BCUT2D eigenvalue weighted by atomic mass is 10.1. The van der Waals surface area contributed by atoms with Gasteiger partial charge in [0.2, 0.25) is 0 Å².